The van der Waals surface area contributed by atoms with Crippen LogP contribution in [0.4, 0.5) is 0 Å². The lowest BCUT2D eigenvalue weighted by atomic mass is 10.1. The number of halogens is 2. The quantitative estimate of drug-likeness (QED) is 0.833. The minimum atomic E-state index is -0.0587. The Morgan fingerprint density at radius 2 is 2.00 bits per heavy atom. The van der Waals surface area contributed by atoms with Gasteiger partial charge in [-0.15, -0.1) is 0 Å². The van der Waals surface area contributed by atoms with Crippen LogP contribution in [0, 0.1) is 0 Å². The zero-order valence-electron chi connectivity index (χ0n) is 11.9. The summed E-state index contributed by atoms with van der Waals surface area (Å²) in [4.78, 5) is 27.1. The summed E-state index contributed by atoms with van der Waals surface area (Å²) >= 11 is 12.1. The van der Waals surface area contributed by atoms with Crippen molar-refractivity contribution < 1.29 is 9.59 Å². The molecule has 2 rings (SSSR count). The number of carbonyl (C=O) groups is 2. The van der Waals surface area contributed by atoms with E-state index in [-0.39, 0.29) is 18.2 Å². The Bertz CT molecular complexity index is 528. The molecule has 0 aliphatic carbocycles. The van der Waals surface area contributed by atoms with Crippen LogP contribution in [-0.4, -0.2) is 48.3 Å². The van der Waals surface area contributed by atoms with Gasteiger partial charge in [0.1, 0.15) is 0 Å². The summed E-state index contributed by atoms with van der Waals surface area (Å²) < 4.78 is 0. The predicted octanol–water partition coefficient (Wildman–Crippen LogP) is 2.62. The van der Waals surface area contributed by atoms with Crippen LogP contribution in [0.1, 0.15) is 18.4 Å². The van der Waals surface area contributed by atoms with Crippen LogP contribution in [-0.2, 0) is 16.0 Å². The molecule has 1 heterocycles. The van der Waals surface area contributed by atoms with Gasteiger partial charge in [-0.25, -0.2) is 0 Å². The molecule has 0 bridgehead atoms. The van der Waals surface area contributed by atoms with Crippen LogP contribution in [0.15, 0.2) is 18.2 Å². The first-order chi connectivity index (χ1) is 9.99. The number of amides is 2. The van der Waals surface area contributed by atoms with Gasteiger partial charge in [-0.05, 0) is 24.1 Å². The maximum Gasteiger partial charge on any atom is 0.226 e. The summed E-state index contributed by atoms with van der Waals surface area (Å²) in [7, 11) is 1.73. The van der Waals surface area contributed by atoms with Gasteiger partial charge in [0, 0.05) is 43.1 Å². The van der Waals surface area contributed by atoms with Crippen LogP contribution in [0.25, 0.3) is 0 Å². The lowest BCUT2D eigenvalue weighted by Crippen LogP contribution is -2.37. The number of likely N-dealkylation sites (tertiary alicyclic amines) is 1. The second-order valence-corrected chi connectivity index (χ2v) is 5.99. The lowest BCUT2D eigenvalue weighted by molar-refractivity contribution is -0.132. The molecule has 0 unspecified atom stereocenters. The third-order valence-electron chi connectivity index (χ3n) is 3.69. The number of rotatable bonds is 5. The second-order valence-electron chi connectivity index (χ2n) is 5.18. The van der Waals surface area contributed by atoms with Crippen molar-refractivity contribution in [1.82, 2.24) is 9.80 Å². The number of nitrogens with zero attached hydrogens (tertiary/aromatic N) is 2. The Hall–Kier alpha value is -1.26. The first-order valence-electron chi connectivity index (χ1n) is 6.93. The molecular weight excluding hydrogens is 311 g/mol. The normalized spacial score (nSPS) is 14.6. The summed E-state index contributed by atoms with van der Waals surface area (Å²) in [5.41, 5.74) is 0.648. The highest BCUT2D eigenvalue weighted by Gasteiger charge is 2.21. The van der Waals surface area contributed by atoms with E-state index in [9.17, 15) is 9.59 Å². The maximum atomic E-state index is 12.2. The molecule has 0 aromatic heterocycles. The first kappa shape index (κ1) is 16.1. The van der Waals surface area contributed by atoms with Gasteiger partial charge in [0.15, 0.2) is 0 Å². The molecule has 1 aromatic carbocycles. The van der Waals surface area contributed by atoms with Gasteiger partial charge in [-0.1, -0.05) is 29.3 Å². The van der Waals surface area contributed by atoms with E-state index in [1.54, 1.807) is 35.0 Å². The Balaban J connectivity index is 1.89. The van der Waals surface area contributed by atoms with E-state index in [0.29, 0.717) is 35.1 Å². The minimum absolute atomic E-state index is 0.0587. The van der Waals surface area contributed by atoms with E-state index in [1.165, 1.54) is 0 Å². The number of hydrogen-bond donors (Lipinski definition) is 0. The van der Waals surface area contributed by atoms with Crippen molar-refractivity contribution in [2.75, 3.05) is 26.7 Å². The van der Waals surface area contributed by atoms with Gasteiger partial charge in [0.2, 0.25) is 11.8 Å². The molecule has 0 saturated carbocycles. The van der Waals surface area contributed by atoms with Crippen LogP contribution in [0.3, 0.4) is 0 Å². The Kier molecular flexibility index (Phi) is 5.48. The number of carbonyl (C=O) groups excluding carboxylic acids is 2. The molecule has 0 atom stereocenters. The number of likely N-dealkylation sites (N-methyl/N-ethyl adjacent to an activating group) is 1. The average Bonchev–Trinajstić information content (AvgIpc) is 2.85. The van der Waals surface area contributed by atoms with Gasteiger partial charge in [0.05, 0.1) is 6.42 Å². The average molecular weight is 329 g/mol. The molecule has 1 aliphatic heterocycles. The number of hydrogen-bond acceptors (Lipinski definition) is 2. The topological polar surface area (TPSA) is 40.6 Å². The SMILES string of the molecule is CN(CCN1CCCC1=O)C(=O)Cc1c(Cl)cccc1Cl. The smallest absolute Gasteiger partial charge is 0.226 e. The van der Waals surface area contributed by atoms with Crippen LogP contribution < -0.4 is 0 Å². The highest BCUT2D eigenvalue weighted by atomic mass is 35.5. The molecule has 0 radical (unpaired) electrons. The van der Waals surface area contributed by atoms with Crippen LogP contribution in [0.2, 0.25) is 10.0 Å². The monoisotopic (exact) mass is 328 g/mol. The van der Waals surface area contributed by atoms with E-state index in [2.05, 4.69) is 0 Å². The highest BCUT2D eigenvalue weighted by Crippen LogP contribution is 2.25. The molecule has 1 aliphatic rings. The van der Waals surface area contributed by atoms with E-state index in [1.807, 2.05) is 0 Å². The van der Waals surface area contributed by atoms with Crippen molar-refractivity contribution in [3.63, 3.8) is 0 Å². The van der Waals surface area contributed by atoms with Crippen molar-refractivity contribution >= 4 is 35.0 Å². The molecule has 1 fully saturated rings. The zero-order chi connectivity index (χ0) is 15.4. The van der Waals surface area contributed by atoms with Crippen LogP contribution >= 0.6 is 23.2 Å². The molecule has 0 N–H and O–H groups in total. The second kappa shape index (κ2) is 7.14. The maximum absolute atomic E-state index is 12.2. The van der Waals surface area contributed by atoms with Gasteiger partial charge < -0.3 is 9.80 Å². The van der Waals surface area contributed by atoms with Crippen molar-refractivity contribution in [2.45, 2.75) is 19.3 Å². The zero-order valence-corrected chi connectivity index (χ0v) is 13.5. The Labute approximate surface area is 134 Å². The van der Waals surface area contributed by atoms with Crippen molar-refractivity contribution in [3.8, 4) is 0 Å². The fraction of sp³-hybridized carbons (Fsp3) is 0.467. The molecule has 0 spiro atoms. The van der Waals surface area contributed by atoms with Crippen molar-refractivity contribution in [1.29, 1.82) is 0 Å². The minimum Gasteiger partial charge on any atom is -0.344 e. The number of benzene rings is 1. The lowest BCUT2D eigenvalue weighted by Gasteiger charge is -2.22. The summed E-state index contributed by atoms with van der Waals surface area (Å²) in [6, 6.07) is 5.19. The van der Waals surface area contributed by atoms with E-state index >= 15 is 0 Å². The third-order valence-corrected chi connectivity index (χ3v) is 4.40. The van der Waals surface area contributed by atoms with Gasteiger partial charge in [-0.2, -0.15) is 0 Å². The Morgan fingerprint density at radius 1 is 1.33 bits per heavy atom. The summed E-state index contributed by atoms with van der Waals surface area (Å²) in [6.45, 7) is 1.89. The molecule has 1 saturated heterocycles. The van der Waals surface area contributed by atoms with E-state index in [4.69, 9.17) is 23.2 Å². The van der Waals surface area contributed by atoms with Crippen molar-refractivity contribution in [2.24, 2.45) is 0 Å². The molecular formula is C15H18Cl2N2O2. The standard InChI is InChI=1S/C15H18Cl2N2O2/c1-18(8-9-19-7-3-6-14(19)20)15(21)10-11-12(16)4-2-5-13(11)17/h2,4-5H,3,6-10H2,1H3. The predicted molar refractivity (Wildman–Crippen MR) is 83.6 cm³/mol. The third kappa shape index (κ3) is 4.11. The van der Waals surface area contributed by atoms with Gasteiger partial charge in [0.25, 0.3) is 0 Å². The Morgan fingerprint density at radius 3 is 2.57 bits per heavy atom. The van der Waals surface area contributed by atoms with Crippen molar-refractivity contribution in [3.05, 3.63) is 33.8 Å². The molecule has 2 amide bonds. The highest BCUT2D eigenvalue weighted by molar-refractivity contribution is 6.36. The molecule has 6 heteroatoms. The first-order valence-corrected chi connectivity index (χ1v) is 7.69. The largest absolute Gasteiger partial charge is 0.344 e. The van der Waals surface area contributed by atoms with Gasteiger partial charge >= 0.3 is 0 Å². The fourth-order valence-electron chi connectivity index (χ4n) is 2.32. The van der Waals surface area contributed by atoms with E-state index in [0.717, 1.165) is 13.0 Å². The molecule has 21 heavy (non-hydrogen) atoms. The molecule has 4 nitrogen and oxygen atoms in total. The molecule has 114 valence electrons. The summed E-state index contributed by atoms with van der Waals surface area (Å²) in [5.74, 6) is 0.113. The summed E-state index contributed by atoms with van der Waals surface area (Å²) in [6.07, 6.45) is 1.70. The molecule has 1 aromatic rings. The van der Waals surface area contributed by atoms with Crippen LogP contribution in [0.5, 0.6) is 0 Å². The van der Waals surface area contributed by atoms with Gasteiger partial charge in [-0.3, -0.25) is 9.59 Å². The summed E-state index contributed by atoms with van der Waals surface area (Å²) in [5, 5.41) is 0.998. The van der Waals surface area contributed by atoms with E-state index < -0.39 is 0 Å². The fourth-order valence-corrected chi connectivity index (χ4v) is 2.85.